The number of ether oxygens (including phenoxy) is 2. The molecule has 2 aromatic rings. The van der Waals surface area contributed by atoms with Crippen molar-refractivity contribution in [2.24, 2.45) is 0 Å². The average molecular weight is 320 g/mol. The highest BCUT2D eigenvalue weighted by atomic mass is 32.2. The molecule has 22 heavy (non-hydrogen) atoms. The summed E-state index contributed by atoms with van der Waals surface area (Å²) in [6.07, 6.45) is 0.209. The van der Waals surface area contributed by atoms with Gasteiger partial charge in [0.05, 0.1) is 30.5 Å². The van der Waals surface area contributed by atoms with Crippen LogP contribution in [0.15, 0.2) is 41.3 Å². The Kier molecular flexibility index (Phi) is 4.20. The van der Waals surface area contributed by atoms with E-state index in [1.807, 2.05) is 6.07 Å². The molecule has 6 heteroatoms. The standard InChI is InChI=1S/C16H13FO4S/c1-19-14-6-5-10-7-15(18)20-9-13(10)16(14)21-22-12-4-2-3-11(17)8-12/h2-6,8H,7,9H2,1H3. The van der Waals surface area contributed by atoms with Crippen molar-refractivity contribution in [3.63, 3.8) is 0 Å². The van der Waals surface area contributed by atoms with Crippen LogP contribution >= 0.6 is 12.0 Å². The number of carbonyl (C=O) groups excluding carboxylic acids is 1. The number of halogens is 1. The molecule has 0 aromatic heterocycles. The minimum Gasteiger partial charge on any atom is -0.493 e. The van der Waals surface area contributed by atoms with Crippen molar-refractivity contribution >= 4 is 18.0 Å². The fourth-order valence-electron chi connectivity index (χ4n) is 2.19. The summed E-state index contributed by atoms with van der Waals surface area (Å²) in [5.74, 6) is 0.452. The summed E-state index contributed by atoms with van der Waals surface area (Å²) in [7, 11) is 1.54. The molecule has 0 saturated heterocycles. The normalized spacial score (nSPS) is 13.3. The number of carbonyl (C=O) groups is 1. The molecule has 1 aliphatic rings. The topological polar surface area (TPSA) is 44.8 Å². The van der Waals surface area contributed by atoms with Gasteiger partial charge in [-0.25, -0.2) is 4.39 Å². The molecule has 114 valence electrons. The number of benzene rings is 2. The van der Waals surface area contributed by atoms with Crippen molar-refractivity contribution in [3.05, 3.63) is 53.3 Å². The van der Waals surface area contributed by atoms with Crippen LogP contribution in [-0.2, 0) is 22.6 Å². The van der Waals surface area contributed by atoms with E-state index < -0.39 is 0 Å². The number of esters is 1. The van der Waals surface area contributed by atoms with Crippen LogP contribution in [0.1, 0.15) is 11.1 Å². The molecular weight excluding hydrogens is 307 g/mol. The van der Waals surface area contributed by atoms with Crippen molar-refractivity contribution < 1.29 is 22.8 Å². The lowest BCUT2D eigenvalue weighted by atomic mass is 10.0. The van der Waals surface area contributed by atoms with Crippen molar-refractivity contribution in [2.45, 2.75) is 17.9 Å². The maximum Gasteiger partial charge on any atom is 0.310 e. The van der Waals surface area contributed by atoms with Crippen LogP contribution in [0, 0.1) is 5.82 Å². The van der Waals surface area contributed by atoms with Crippen molar-refractivity contribution in [2.75, 3.05) is 7.11 Å². The van der Waals surface area contributed by atoms with Crippen LogP contribution in [-0.4, -0.2) is 13.1 Å². The lowest BCUT2D eigenvalue weighted by Gasteiger charge is -2.20. The molecule has 0 aliphatic carbocycles. The van der Waals surface area contributed by atoms with Gasteiger partial charge < -0.3 is 13.7 Å². The maximum absolute atomic E-state index is 13.2. The van der Waals surface area contributed by atoms with Crippen LogP contribution in [0.25, 0.3) is 0 Å². The third-order valence-corrected chi connectivity index (χ3v) is 3.97. The summed E-state index contributed by atoms with van der Waals surface area (Å²) in [4.78, 5) is 12.0. The number of hydrogen-bond donors (Lipinski definition) is 0. The largest absolute Gasteiger partial charge is 0.493 e. The molecule has 0 saturated carbocycles. The Labute approximate surface area is 131 Å². The van der Waals surface area contributed by atoms with E-state index in [1.165, 1.54) is 19.2 Å². The minimum atomic E-state index is -0.329. The van der Waals surface area contributed by atoms with Gasteiger partial charge in [-0.2, -0.15) is 0 Å². The Morgan fingerprint density at radius 2 is 2.14 bits per heavy atom. The molecule has 0 unspecified atom stereocenters. The van der Waals surface area contributed by atoms with Gasteiger partial charge >= 0.3 is 5.97 Å². The highest BCUT2D eigenvalue weighted by molar-refractivity contribution is 7.95. The van der Waals surface area contributed by atoms with E-state index in [0.717, 1.165) is 23.2 Å². The minimum absolute atomic E-state index is 0.143. The molecule has 1 aliphatic heterocycles. The molecule has 0 atom stereocenters. The van der Waals surface area contributed by atoms with E-state index in [0.29, 0.717) is 16.4 Å². The monoisotopic (exact) mass is 320 g/mol. The summed E-state index contributed by atoms with van der Waals surface area (Å²) in [5.41, 5.74) is 1.63. The Balaban J connectivity index is 1.88. The van der Waals surface area contributed by atoms with E-state index in [9.17, 15) is 9.18 Å². The smallest absolute Gasteiger partial charge is 0.310 e. The summed E-state index contributed by atoms with van der Waals surface area (Å²) in [6.45, 7) is 0.143. The first kappa shape index (κ1) is 14.7. The Hall–Kier alpha value is -2.21. The van der Waals surface area contributed by atoms with E-state index in [1.54, 1.807) is 18.2 Å². The summed E-state index contributed by atoms with van der Waals surface area (Å²) in [6, 6.07) is 9.68. The molecule has 1 heterocycles. The number of hydrogen-bond acceptors (Lipinski definition) is 5. The third-order valence-electron chi connectivity index (χ3n) is 3.27. The molecule has 2 aromatic carbocycles. The zero-order valence-corrected chi connectivity index (χ0v) is 12.6. The molecule has 0 bridgehead atoms. The van der Waals surface area contributed by atoms with Gasteiger partial charge in [0.25, 0.3) is 0 Å². The summed E-state index contributed by atoms with van der Waals surface area (Å²) in [5, 5.41) is 0. The fraction of sp³-hybridized carbons (Fsp3) is 0.188. The number of rotatable bonds is 4. The van der Waals surface area contributed by atoms with Crippen LogP contribution in [0.3, 0.4) is 0 Å². The predicted octanol–water partition coefficient (Wildman–Crippen LogP) is 3.52. The molecular formula is C16H13FO4S. The van der Waals surface area contributed by atoms with Gasteiger partial charge in [-0.3, -0.25) is 4.79 Å². The quantitative estimate of drug-likeness (QED) is 0.637. The molecule has 4 nitrogen and oxygen atoms in total. The van der Waals surface area contributed by atoms with Crippen molar-refractivity contribution in [1.29, 1.82) is 0 Å². The SMILES string of the molecule is COc1ccc2c(c1OSc1cccc(F)c1)COC(=O)C2. The molecule has 0 fully saturated rings. The molecule has 3 rings (SSSR count). The maximum atomic E-state index is 13.2. The zero-order valence-electron chi connectivity index (χ0n) is 11.8. The Morgan fingerprint density at radius 1 is 1.27 bits per heavy atom. The second kappa shape index (κ2) is 6.27. The van der Waals surface area contributed by atoms with Gasteiger partial charge in [0.2, 0.25) is 0 Å². The van der Waals surface area contributed by atoms with Gasteiger partial charge in [0.1, 0.15) is 12.4 Å². The fourth-order valence-corrected chi connectivity index (χ4v) is 2.85. The van der Waals surface area contributed by atoms with Crippen LogP contribution in [0.2, 0.25) is 0 Å². The molecule has 0 N–H and O–H groups in total. The second-order valence-corrected chi connectivity index (χ2v) is 5.50. The van der Waals surface area contributed by atoms with Crippen molar-refractivity contribution in [3.8, 4) is 11.5 Å². The third kappa shape index (κ3) is 3.01. The number of cyclic esters (lactones) is 1. The highest BCUT2D eigenvalue weighted by Gasteiger charge is 2.23. The first-order valence-electron chi connectivity index (χ1n) is 6.62. The first-order valence-corrected chi connectivity index (χ1v) is 7.36. The zero-order chi connectivity index (χ0) is 15.5. The van der Waals surface area contributed by atoms with E-state index in [4.69, 9.17) is 13.7 Å². The van der Waals surface area contributed by atoms with E-state index >= 15 is 0 Å². The average Bonchev–Trinajstić information content (AvgIpc) is 2.52. The van der Waals surface area contributed by atoms with Gasteiger partial charge in [0, 0.05) is 5.56 Å². The van der Waals surface area contributed by atoms with Crippen LogP contribution in [0.5, 0.6) is 11.5 Å². The highest BCUT2D eigenvalue weighted by Crippen LogP contribution is 2.39. The van der Waals surface area contributed by atoms with Gasteiger partial charge in [-0.05, 0) is 29.8 Å². The Bertz CT molecular complexity index is 717. The molecule has 0 spiro atoms. The lowest BCUT2D eigenvalue weighted by Crippen LogP contribution is -2.17. The van der Waals surface area contributed by atoms with Gasteiger partial charge in [-0.1, -0.05) is 12.1 Å². The van der Waals surface area contributed by atoms with Crippen LogP contribution < -0.4 is 8.92 Å². The van der Waals surface area contributed by atoms with Gasteiger partial charge in [0.15, 0.2) is 11.5 Å². The number of methoxy groups -OCH3 is 1. The second-order valence-electron chi connectivity index (χ2n) is 4.70. The Morgan fingerprint density at radius 3 is 2.91 bits per heavy atom. The van der Waals surface area contributed by atoms with Crippen molar-refractivity contribution in [1.82, 2.24) is 0 Å². The first-order chi connectivity index (χ1) is 10.7. The summed E-state index contributed by atoms with van der Waals surface area (Å²) < 4.78 is 29.3. The number of fused-ring (bicyclic) bond motifs is 1. The summed E-state index contributed by atoms with van der Waals surface area (Å²) >= 11 is 1.03. The van der Waals surface area contributed by atoms with Gasteiger partial charge in [-0.15, -0.1) is 0 Å². The lowest BCUT2D eigenvalue weighted by molar-refractivity contribution is -0.145. The van der Waals surface area contributed by atoms with E-state index in [-0.39, 0.29) is 24.8 Å². The molecule has 0 amide bonds. The van der Waals surface area contributed by atoms with Crippen LogP contribution in [0.4, 0.5) is 4.39 Å². The van der Waals surface area contributed by atoms with E-state index in [2.05, 4.69) is 0 Å². The molecule has 0 radical (unpaired) electrons. The predicted molar refractivity (Wildman–Crippen MR) is 79.4 cm³/mol.